The Kier molecular flexibility index (Phi) is 7.70. The molecule has 0 bridgehead atoms. The second-order valence-corrected chi connectivity index (χ2v) is 10.0. The van der Waals surface area contributed by atoms with Crippen LogP contribution in [0.2, 0.25) is 0 Å². The van der Waals surface area contributed by atoms with Crippen LogP contribution in [0.1, 0.15) is 31.4 Å². The fourth-order valence-corrected chi connectivity index (χ4v) is 5.25. The lowest BCUT2D eigenvalue weighted by Crippen LogP contribution is -2.34. The molecular weight excluding hydrogens is 384 g/mol. The van der Waals surface area contributed by atoms with Crippen LogP contribution in [0.15, 0.2) is 54.6 Å². The topological polar surface area (TPSA) is 49.9 Å². The minimum absolute atomic E-state index is 0.0341. The Labute approximate surface area is 175 Å². The fourth-order valence-electron chi connectivity index (χ4n) is 3.58. The first-order chi connectivity index (χ1) is 13.9. The van der Waals surface area contributed by atoms with Crippen molar-refractivity contribution in [1.29, 1.82) is 0 Å². The molecule has 29 heavy (non-hydrogen) atoms. The third kappa shape index (κ3) is 6.56. The minimum atomic E-state index is -3.40. The number of hydrogen-bond donors (Lipinski definition) is 0. The number of nitrogens with zero attached hydrogens (tertiary/aromatic N) is 2. The molecule has 1 aliphatic heterocycles. The van der Waals surface area contributed by atoms with E-state index in [9.17, 15) is 8.42 Å². The Balaban J connectivity index is 1.72. The van der Waals surface area contributed by atoms with Gasteiger partial charge in [0.25, 0.3) is 0 Å². The predicted octanol–water partition coefficient (Wildman–Crippen LogP) is 3.90. The number of sulfonamides is 1. The van der Waals surface area contributed by atoms with Crippen LogP contribution >= 0.6 is 0 Å². The van der Waals surface area contributed by atoms with Crippen molar-refractivity contribution in [2.75, 3.05) is 37.7 Å². The van der Waals surface area contributed by atoms with Gasteiger partial charge in [-0.2, -0.15) is 4.31 Å². The van der Waals surface area contributed by atoms with Gasteiger partial charge in [0.2, 0.25) is 10.0 Å². The number of benzene rings is 2. The third-order valence-electron chi connectivity index (χ3n) is 5.04. The summed E-state index contributed by atoms with van der Waals surface area (Å²) in [5.41, 5.74) is 3.00. The first-order valence-electron chi connectivity index (χ1n) is 10.4. The van der Waals surface area contributed by atoms with Gasteiger partial charge in [-0.05, 0) is 35.6 Å². The van der Waals surface area contributed by atoms with Crippen molar-refractivity contribution in [3.63, 3.8) is 0 Å². The maximum absolute atomic E-state index is 13.1. The van der Waals surface area contributed by atoms with E-state index < -0.39 is 10.0 Å². The Hall–Kier alpha value is -1.89. The van der Waals surface area contributed by atoms with Gasteiger partial charge in [-0.3, -0.25) is 0 Å². The Morgan fingerprint density at radius 1 is 0.966 bits per heavy atom. The second-order valence-electron chi connectivity index (χ2n) is 8.05. The molecule has 1 aliphatic rings. The molecule has 0 aliphatic carbocycles. The summed E-state index contributed by atoms with van der Waals surface area (Å²) in [6.45, 7) is 8.47. The molecule has 1 fully saturated rings. The molecule has 0 spiro atoms. The van der Waals surface area contributed by atoms with Gasteiger partial charge in [0.15, 0.2) is 0 Å². The van der Waals surface area contributed by atoms with Gasteiger partial charge < -0.3 is 9.64 Å². The molecule has 0 amide bonds. The number of rotatable bonds is 8. The van der Waals surface area contributed by atoms with Crippen LogP contribution in [0.25, 0.3) is 0 Å². The van der Waals surface area contributed by atoms with Crippen LogP contribution < -0.4 is 4.90 Å². The predicted molar refractivity (Wildman–Crippen MR) is 118 cm³/mol. The molecule has 2 aromatic rings. The fraction of sp³-hybridized carbons (Fsp3) is 0.478. The summed E-state index contributed by atoms with van der Waals surface area (Å²) in [5.74, 6) is 0.295. The summed E-state index contributed by atoms with van der Waals surface area (Å²) in [4.78, 5) is 2.33. The SMILES string of the molecule is CC(C)CN(Cc1ccc(N2CCCOCC2)cc1)S(=O)(=O)Cc1ccccc1. The van der Waals surface area contributed by atoms with Crippen molar-refractivity contribution < 1.29 is 13.2 Å². The van der Waals surface area contributed by atoms with Crippen molar-refractivity contribution in [2.45, 2.75) is 32.6 Å². The van der Waals surface area contributed by atoms with Gasteiger partial charge in [0.05, 0.1) is 12.4 Å². The average Bonchev–Trinajstić information content (AvgIpc) is 2.98. The zero-order chi connectivity index (χ0) is 20.7. The summed E-state index contributed by atoms with van der Waals surface area (Å²) in [6, 6.07) is 17.7. The maximum atomic E-state index is 13.1. The molecule has 0 saturated carbocycles. The van der Waals surface area contributed by atoms with Crippen LogP contribution in [0, 0.1) is 5.92 Å². The van der Waals surface area contributed by atoms with E-state index in [2.05, 4.69) is 30.9 Å². The highest BCUT2D eigenvalue weighted by atomic mass is 32.2. The summed E-state index contributed by atoms with van der Waals surface area (Å²) >= 11 is 0. The van der Waals surface area contributed by atoms with Gasteiger partial charge in [-0.15, -0.1) is 0 Å². The highest BCUT2D eigenvalue weighted by Crippen LogP contribution is 2.20. The van der Waals surface area contributed by atoms with Crippen LogP contribution in [-0.2, 0) is 27.1 Å². The molecule has 0 N–H and O–H groups in total. The van der Waals surface area contributed by atoms with Crippen molar-refractivity contribution in [3.05, 3.63) is 65.7 Å². The molecule has 5 nitrogen and oxygen atoms in total. The van der Waals surface area contributed by atoms with Crippen molar-refractivity contribution in [2.24, 2.45) is 5.92 Å². The average molecular weight is 417 g/mol. The van der Waals surface area contributed by atoms with E-state index in [0.29, 0.717) is 13.1 Å². The lowest BCUT2D eigenvalue weighted by molar-refractivity contribution is 0.152. The van der Waals surface area contributed by atoms with E-state index in [-0.39, 0.29) is 11.7 Å². The molecule has 0 atom stereocenters. The molecule has 0 aromatic heterocycles. The first kappa shape index (κ1) is 21.8. The largest absolute Gasteiger partial charge is 0.380 e. The first-order valence-corrected chi connectivity index (χ1v) is 12.0. The zero-order valence-electron chi connectivity index (χ0n) is 17.5. The standard InChI is InChI=1S/C23H32N2O3S/c1-20(2)17-25(29(26,27)19-22-7-4-3-5-8-22)18-21-9-11-23(12-10-21)24-13-6-15-28-16-14-24/h3-5,7-12,20H,6,13-19H2,1-2H3. The lowest BCUT2D eigenvalue weighted by atomic mass is 10.1. The summed E-state index contributed by atoms with van der Waals surface area (Å²) < 4.78 is 33.3. The molecule has 0 radical (unpaired) electrons. The smallest absolute Gasteiger partial charge is 0.218 e. The van der Waals surface area contributed by atoms with E-state index >= 15 is 0 Å². The van der Waals surface area contributed by atoms with E-state index in [4.69, 9.17) is 4.74 Å². The van der Waals surface area contributed by atoms with Crippen LogP contribution in [0.4, 0.5) is 5.69 Å². The number of hydrogen-bond acceptors (Lipinski definition) is 4. The Bertz CT molecular complexity index is 843. The van der Waals surface area contributed by atoms with Gasteiger partial charge in [-0.1, -0.05) is 56.3 Å². The monoisotopic (exact) mass is 416 g/mol. The van der Waals surface area contributed by atoms with E-state index in [1.807, 2.05) is 42.5 Å². The van der Waals surface area contributed by atoms with Gasteiger partial charge in [0.1, 0.15) is 0 Å². The second kappa shape index (κ2) is 10.2. The molecule has 1 saturated heterocycles. The van der Waals surface area contributed by atoms with Crippen molar-refractivity contribution >= 4 is 15.7 Å². The van der Waals surface area contributed by atoms with Crippen LogP contribution in [0.3, 0.4) is 0 Å². The molecule has 2 aromatic carbocycles. The zero-order valence-corrected chi connectivity index (χ0v) is 18.3. The van der Waals surface area contributed by atoms with Crippen LogP contribution in [0.5, 0.6) is 0 Å². The molecule has 0 unspecified atom stereocenters. The molecule has 6 heteroatoms. The van der Waals surface area contributed by atoms with Gasteiger partial charge in [-0.25, -0.2) is 8.42 Å². The lowest BCUT2D eigenvalue weighted by Gasteiger charge is -2.25. The molecular formula is C23H32N2O3S. The van der Waals surface area contributed by atoms with Crippen LogP contribution in [-0.4, -0.2) is 45.6 Å². The summed E-state index contributed by atoms with van der Waals surface area (Å²) in [6.07, 6.45) is 1.03. The normalized spacial score (nSPS) is 15.7. The van der Waals surface area contributed by atoms with Gasteiger partial charge >= 0.3 is 0 Å². The highest BCUT2D eigenvalue weighted by Gasteiger charge is 2.24. The Morgan fingerprint density at radius 2 is 1.69 bits per heavy atom. The number of anilines is 1. The van der Waals surface area contributed by atoms with Gasteiger partial charge in [0, 0.05) is 38.5 Å². The van der Waals surface area contributed by atoms with Crippen molar-refractivity contribution in [3.8, 4) is 0 Å². The highest BCUT2D eigenvalue weighted by molar-refractivity contribution is 7.88. The summed E-state index contributed by atoms with van der Waals surface area (Å²) in [7, 11) is -3.40. The molecule has 1 heterocycles. The molecule has 3 rings (SSSR count). The quantitative estimate of drug-likeness (QED) is 0.655. The van der Waals surface area contributed by atoms with E-state index in [1.165, 1.54) is 5.69 Å². The molecule has 158 valence electrons. The van der Waals surface area contributed by atoms with Crippen molar-refractivity contribution in [1.82, 2.24) is 4.31 Å². The maximum Gasteiger partial charge on any atom is 0.218 e. The third-order valence-corrected chi connectivity index (χ3v) is 6.80. The Morgan fingerprint density at radius 3 is 2.38 bits per heavy atom. The van der Waals surface area contributed by atoms with E-state index in [0.717, 1.165) is 43.9 Å². The summed E-state index contributed by atoms with van der Waals surface area (Å²) in [5, 5.41) is 0. The van der Waals surface area contributed by atoms with E-state index in [1.54, 1.807) is 4.31 Å². The number of ether oxygens (including phenoxy) is 1. The minimum Gasteiger partial charge on any atom is -0.380 e.